The summed E-state index contributed by atoms with van der Waals surface area (Å²) in [7, 11) is -3.10. The smallest absolute Gasteiger partial charge is 0.212 e. The summed E-state index contributed by atoms with van der Waals surface area (Å²) in [5.41, 5.74) is 0. The van der Waals surface area contributed by atoms with Crippen LogP contribution in [-0.4, -0.2) is 19.1 Å². The zero-order chi connectivity index (χ0) is 10.6. The predicted octanol–water partition coefficient (Wildman–Crippen LogP) is 2.23. The fourth-order valence-electron chi connectivity index (χ4n) is 2.05. The Hall–Kier alpha value is 0.390. The second-order valence-corrected chi connectivity index (χ2v) is 7.09. The Kier molecular flexibility index (Phi) is 4.87. The van der Waals surface area contributed by atoms with Gasteiger partial charge in [0.2, 0.25) is 10.0 Å². The summed E-state index contributed by atoms with van der Waals surface area (Å²) < 4.78 is 25.3. The maximum atomic E-state index is 11.3. The lowest BCUT2D eigenvalue weighted by molar-refractivity contribution is 0.303. The summed E-state index contributed by atoms with van der Waals surface area (Å²) in [6, 6.07) is 0.0813. The predicted molar refractivity (Wildman–Crippen MR) is 61.9 cm³/mol. The van der Waals surface area contributed by atoms with Crippen molar-refractivity contribution in [3.63, 3.8) is 0 Å². The molecule has 0 aromatic carbocycles. The summed E-state index contributed by atoms with van der Waals surface area (Å²) in [6.45, 7) is 1.97. The molecular weight excluding hydrogens is 266 g/mol. The van der Waals surface area contributed by atoms with Gasteiger partial charge in [-0.2, -0.15) is 0 Å². The van der Waals surface area contributed by atoms with Crippen LogP contribution in [-0.2, 0) is 10.0 Å². The van der Waals surface area contributed by atoms with Crippen molar-refractivity contribution in [1.29, 1.82) is 0 Å². The van der Waals surface area contributed by atoms with Gasteiger partial charge >= 0.3 is 0 Å². The zero-order valence-corrected chi connectivity index (χ0v) is 10.9. The van der Waals surface area contributed by atoms with Crippen LogP contribution in [0.4, 0.5) is 0 Å². The second kappa shape index (κ2) is 5.47. The molecule has 3 nitrogen and oxygen atoms in total. The molecule has 1 N–H and O–H groups in total. The first-order chi connectivity index (χ1) is 6.55. The molecule has 0 amide bonds. The van der Waals surface area contributed by atoms with Crippen LogP contribution >= 0.6 is 15.9 Å². The van der Waals surface area contributed by atoms with E-state index in [1.807, 2.05) is 6.92 Å². The normalized spacial score (nSPS) is 22.1. The van der Waals surface area contributed by atoms with E-state index < -0.39 is 10.0 Å². The number of rotatable bonds is 4. The average Bonchev–Trinajstić information content (AvgIpc) is 2.19. The Morgan fingerprint density at radius 3 is 2.43 bits per heavy atom. The Morgan fingerprint density at radius 1 is 1.36 bits per heavy atom. The van der Waals surface area contributed by atoms with Crippen molar-refractivity contribution >= 4 is 26.0 Å². The molecular formula is C9H18BrNO2S. The van der Waals surface area contributed by atoms with Gasteiger partial charge in [0.15, 0.2) is 0 Å². The lowest BCUT2D eigenvalue weighted by Crippen LogP contribution is -2.39. The molecule has 0 aliphatic heterocycles. The maximum Gasteiger partial charge on any atom is 0.221 e. The van der Waals surface area contributed by atoms with E-state index in [1.54, 1.807) is 0 Å². The van der Waals surface area contributed by atoms with Gasteiger partial charge < -0.3 is 0 Å². The molecule has 14 heavy (non-hydrogen) atoms. The molecule has 0 radical (unpaired) electrons. The van der Waals surface area contributed by atoms with E-state index in [9.17, 15) is 8.42 Å². The fourth-order valence-corrected chi connectivity index (χ4v) is 3.26. The highest BCUT2D eigenvalue weighted by molar-refractivity contribution is 9.10. The highest BCUT2D eigenvalue weighted by atomic mass is 79.9. The van der Waals surface area contributed by atoms with E-state index in [1.165, 1.54) is 19.3 Å². The van der Waals surface area contributed by atoms with Crippen LogP contribution in [0.15, 0.2) is 0 Å². The molecule has 1 atom stereocenters. The molecule has 1 fully saturated rings. The van der Waals surface area contributed by atoms with Crippen LogP contribution in [0.2, 0.25) is 0 Å². The van der Waals surface area contributed by atoms with E-state index >= 15 is 0 Å². The minimum absolute atomic E-state index is 0.00292. The van der Waals surface area contributed by atoms with Crippen LogP contribution in [0, 0.1) is 5.92 Å². The topological polar surface area (TPSA) is 46.2 Å². The number of hydrogen-bond acceptors (Lipinski definition) is 2. The fraction of sp³-hybridized carbons (Fsp3) is 1.00. The number of halogens is 1. The molecule has 1 aliphatic rings. The number of hydrogen-bond donors (Lipinski definition) is 1. The van der Waals surface area contributed by atoms with Crippen LogP contribution in [0.25, 0.3) is 0 Å². The van der Waals surface area contributed by atoms with Gasteiger partial charge in [-0.3, -0.25) is 0 Å². The van der Waals surface area contributed by atoms with E-state index in [4.69, 9.17) is 0 Å². The summed E-state index contributed by atoms with van der Waals surface area (Å²) >= 11 is 2.97. The van der Waals surface area contributed by atoms with E-state index in [-0.39, 0.29) is 10.7 Å². The highest BCUT2D eigenvalue weighted by Crippen LogP contribution is 2.26. The van der Waals surface area contributed by atoms with E-state index in [2.05, 4.69) is 20.7 Å². The van der Waals surface area contributed by atoms with Crippen LogP contribution in [0.3, 0.4) is 0 Å². The molecule has 0 saturated heterocycles. The lowest BCUT2D eigenvalue weighted by atomic mass is 9.85. The molecule has 0 aromatic rings. The van der Waals surface area contributed by atoms with Gasteiger partial charge in [-0.25, -0.2) is 13.1 Å². The van der Waals surface area contributed by atoms with Crippen molar-refractivity contribution in [2.45, 2.75) is 45.1 Å². The second-order valence-electron chi connectivity index (χ2n) is 4.03. The quantitative estimate of drug-likeness (QED) is 0.805. The van der Waals surface area contributed by atoms with E-state index in [0.29, 0.717) is 5.92 Å². The number of alkyl halides is 1. The largest absolute Gasteiger partial charge is 0.221 e. The molecule has 0 bridgehead atoms. The van der Waals surface area contributed by atoms with Crippen molar-refractivity contribution in [1.82, 2.24) is 4.72 Å². The first-order valence-corrected chi connectivity index (χ1v) is 7.88. The lowest BCUT2D eigenvalue weighted by Gasteiger charge is -2.27. The molecule has 0 aromatic heterocycles. The van der Waals surface area contributed by atoms with Crippen molar-refractivity contribution in [3.05, 3.63) is 0 Å². The van der Waals surface area contributed by atoms with Gasteiger partial charge in [0.1, 0.15) is 4.66 Å². The SMILES string of the molecule is C[C@@H](NS(=O)(=O)CBr)C1CCCCC1. The molecule has 84 valence electrons. The van der Waals surface area contributed by atoms with Crippen LogP contribution < -0.4 is 4.72 Å². The first-order valence-electron chi connectivity index (χ1n) is 5.11. The molecule has 0 heterocycles. The van der Waals surface area contributed by atoms with Gasteiger partial charge in [0.25, 0.3) is 0 Å². The van der Waals surface area contributed by atoms with Gasteiger partial charge in [-0.15, -0.1) is 0 Å². The highest BCUT2D eigenvalue weighted by Gasteiger charge is 2.23. The monoisotopic (exact) mass is 283 g/mol. The van der Waals surface area contributed by atoms with Crippen molar-refractivity contribution in [3.8, 4) is 0 Å². The van der Waals surface area contributed by atoms with Crippen molar-refractivity contribution in [2.75, 3.05) is 4.66 Å². The molecule has 0 spiro atoms. The first kappa shape index (κ1) is 12.5. The van der Waals surface area contributed by atoms with Crippen LogP contribution in [0.5, 0.6) is 0 Å². The Morgan fingerprint density at radius 2 is 1.93 bits per heavy atom. The van der Waals surface area contributed by atoms with Crippen molar-refractivity contribution in [2.24, 2.45) is 5.92 Å². The zero-order valence-electron chi connectivity index (χ0n) is 8.50. The summed E-state index contributed by atoms with van der Waals surface area (Å²) in [5, 5.41) is 0. The van der Waals surface area contributed by atoms with Crippen LogP contribution in [0.1, 0.15) is 39.0 Å². The molecule has 0 unspecified atom stereocenters. The van der Waals surface area contributed by atoms with Gasteiger partial charge in [0, 0.05) is 6.04 Å². The maximum absolute atomic E-state index is 11.3. The third-order valence-electron chi connectivity index (χ3n) is 2.87. The summed E-state index contributed by atoms with van der Waals surface area (Å²) in [6.07, 6.45) is 6.10. The Labute approximate surface area is 94.8 Å². The Bertz CT molecular complexity index is 260. The molecule has 1 aliphatic carbocycles. The Balaban J connectivity index is 2.44. The van der Waals surface area contributed by atoms with Gasteiger partial charge in [-0.05, 0) is 25.7 Å². The third-order valence-corrected chi connectivity index (χ3v) is 5.69. The minimum Gasteiger partial charge on any atom is -0.212 e. The number of nitrogens with one attached hydrogen (secondary N) is 1. The minimum atomic E-state index is -3.10. The number of sulfonamides is 1. The molecule has 1 saturated carbocycles. The van der Waals surface area contributed by atoms with E-state index in [0.717, 1.165) is 12.8 Å². The summed E-state index contributed by atoms with van der Waals surface area (Å²) in [5.74, 6) is 0.526. The van der Waals surface area contributed by atoms with Crippen molar-refractivity contribution < 1.29 is 8.42 Å². The summed E-state index contributed by atoms with van der Waals surface area (Å²) in [4.78, 5) is 0. The molecule has 1 rings (SSSR count). The van der Waals surface area contributed by atoms with Gasteiger partial charge in [-0.1, -0.05) is 35.2 Å². The average molecular weight is 284 g/mol. The third kappa shape index (κ3) is 3.87. The standard InChI is InChI=1S/C9H18BrNO2S/c1-8(11-14(12,13)7-10)9-5-3-2-4-6-9/h8-9,11H,2-7H2,1H3/t8-/m1/s1. The molecule has 5 heteroatoms. The van der Waals surface area contributed by atoms with Gasteiger partial charge in [0.05, 0.1) is 0 Å².